The molecule has 0 fully saturated rings. The Morgan fingerprint density at radius 3 is 2.59 bits per heavy atom. The van der Waals surface area contributed by atoms with E-state index in [9.17, 15) is 10.2 Å². The molecule has 1 aliphatic rings. The van der Waals surface area contributed by atoms with Crippen molar-refractivity contribution in [1.29, 1.82) is 0 Å². The van der Waals surface area contributed by atoms with Crippen molar-refractivity contribution in [3.63, 3.8) is 0 Å². The van der Waals surface area contributed by atoms with Crippen LogP contribution in [-0.2, 0) is 6.42 Å². The van der Waals surface area contributed by atoms with Gasteiger partial charge in [-0.15, -0.1) is 11.8 Å². The monoisotopic (exact) mass is 252 g/mol. The van der Waals surface area contributed by atoms with Gasteiger partial charge in [-0.2, -0.15) is 0 Å². The van der Waals surface area contributed by atoms with Crippen LogP contribution < -0.4 is 0 Å². The Labute approximate surface area is 107 Å². The van der Waals surface area contributed by atoms with E-state index in [4.69, 9.17) is 0 Å². The summed E-state index contributed by atoms with van der Waals surface area (Å²) in [4.78, 5) is 1.36. The molecule has 94 valence electrons. The molecule has 0 saturated carbocycles. The van der Waals surface area contributed by atoms with Crippen molar-refractivity contribution in [3.8, 4) is 0 Å². The normalized spacial score (nSPS) is 19.4. The molecule has 0 aromatic heterocycles. The molecule has 17 heavy (non-hydrogen) atoms. The van der Waals surface area contributed by atoms with Gasteiger partial charge < -0.3 is 10.2 Å². The summed E-state index contributed by atoms with van der Waals surface area (Å²) >= 11 is 1.89. The lowest BCUT2D eigenvalue weighted by molar-refractivity contribution is 0.0437. The predicted octanol–water partition coefficient (Wildman–Crippen LogP) is 2.47. The van der Waals surface area contributed by atoms with Gasteiger partial charge in [-0.05, 0) is 30.9 Å². The Morgan fingerprint density at radius 1 is 1.29 bits per heavy atom. The van der Waals surface area contributed by atoms with E-state index in [1.165, 1.54) is 10.5 Å². The SMILES string of the molecule is CCC(CO)(CO)CC1Cc2ccccc2S1. The largest absolute Gasteiger partial charge is 0.396 e. The highest BCUT2D eigenvalue weighted by molar-refractivity contribution is 8.00. The van der Waals surface area contributed by atoms with Gasteiger partial charge in [-0.25, -0.2) is 0 Å². The van der Waals surface area contributed by atoms with E-state index in [1.807, 2.05) is 18.7 Å². The third-order valence-corrected chi connectivity index (χ3v) is 5.11. The average molecular weight is 252 g/mol. The van der Waals surface area contributed by atoms with Crippen LogP contribution in [-0.4, -0.2) is 28.7 Å². The number of aliphatic hydroxyl groups is 2. The zero-order valence-corrected chi connectivity index (χ0v) is 11.0. The Morgan fingerprint density at radius 2 is 2.00 bits per heavy atom. The van der Waals surface area contributed by atoms with Gasteiger partial charge in [0.2, 0.25) is 0 Å². The first-order valence-corrected chi connectivity index (χ1v) is 7.07. The molecule has 3 heteroatoms. The van der Waals surface area contributed by atoms with Crippen molar-refractivity contribution in [2.24, 2.45) is 5.41 Å². The minimum absolute atomic E-state index is 0.0768. The van der Waals surface area contributed by atoms with Crippen molar-refractivity contribution >= 4 is 11.8 Å². The molecule has 0 amide bonds. The number of rotatable bonds is 5. The summed E-state index contributed by atoms with van der Waals surface area (Å²) in [6, 6.07) is 8.48. The Kier molecular flexibility index (Phi) is 4.13. The lowest BCUT2D eigenvalue weighted by Crippen LogP contribution is -2.32. The lowest BCUT2D eigenvalue weighted by Gasteiger charge is -2.30. The summed E-state index contributed by atoms with van der Waals surface area (Å²) in [6.07, 6.45) is 2.77. The topological polar surface area (TPSA) is 40.5 Å². The molecule has 1 aromatic rings. The second-order valence-electron chi connectivity index (χ2n) is 4.93. The second kappa shape index (κ2) is 5.42. The molecular formula is C14H20O2S. The van der Waals surface area contributed by atoms with Gasteiger partial charge in [-0.3, -0.25) is 0 Å². The zero-order chi connectivity index (χ0) is 12.3. The molecule has 2 rings (SSSR count). The molecule has 1 aliphatic heterocycles. The maximum absolute atomic E-state index is 9.48. The van der Waals surface area contributed by atoms with Crippen molar-refractivity contribution in [1.82, 2.24) is 0 Å². The van der Waals surface area contributed by atoms with E-state index < -0.39 is 0 Å². The summed E-state index contributed by atoms with van der Waals surface area (Å²) in [5.41, 5.74) is 1.10. The van der Waals surface area contributed by atoms with Crippen molar-refractivity contribution in [2.45, 2.75) is 36.3 Å². The quantitative estimate of drug-likeness (QED) is 0.846. The molecular weight excluding hydrogens is 232 g/mol. The van der Waals surface area contributed by atoms with E-state index in [1.54, 1.807) is 0 Å². The van der Waals surface area contributed by atoms with Crippen LogP contribution in [0.15, 0.2) is 29.2 Å². The van der Waals surface area contributed by atoms with Crippen molar-refractivity contribution < 1.29 is 10.2 Å². The van der Waals surface area contributed by atoms with Gasteiger partial charge >= 0.3 is 0 Å². The highest BCUT2D eigenvalue weighted by Gasteiger charge is 2.33. The van der Waals surface area contributed by atoms with Crippen LogP contribution in [0.1, 0.15) is 25.3 Å². The number of fused-ring (bicyclic) bond motifs is 1. The summed E-state index contributed by atoms with van der Waals surface area (Å²) < 4.78 is 0. The second-order valence-corrected chi connectivity index (χ2v) is 6.27. The van der Waals surface area contributed by atoms with Gasteiger partial charge in [0.1, 0.15) is 0 Å². The molecule has 0 bridgehead atoms. The van der Waals surface area contributed by atoms with Gasteiger partial charge in [0.05, 0.1) is 13.2 Å². The Balaban J connectivity index is 2.04. The molecule has 2 nitrogen and oxygen atoms in total. The third-order valence-electron chi connectivity index (χ3n) is 3.80. The maximum Gasteiger partial charge on any atom is 0.0509 e. The summed E-state index contributed by atoms with van der Waals surface area (Å²) in [6.45, 7) is 2.19. The summed E-state index contributed by atoms with van der Waals surface area (Å²) in [5, 5.41) is 19.5. The van der Waals surface area contributed by atoms with Gasteiger partial charge in [0, 0.05) is 15.6 Å². The number of benzene rings is 1. The molecule has 1 heterocycles. The van der Waals surface area contributed by atoms with Crippen LogP contribution in [0.3, 0.4) is 0 Å². The number of hydrogen-bond acceptors (Lipinski definition) is 3. The molecule has 0 spiro atoms. The van der Waals surface area contributed by atoms with E-state index in [-0.39, 0.29) is 18.6 Å². The van der Waals surface area contributed by atoms with Crippen molar-refractivity contribution in [2.75, 3.05) is 13.2 Å². The highest BCUT2D eigenvalue weighted by atomic mass is 32.2. The predicted molar refractivity (Wildman–Crippen MR) is 71.3 cm³/mol. The van der Waals surface area contributed by atoms with Crippen LogP contribution in [0.4, 0.5) is 0 Å². The van der Waals surface area contributed by atoms with Crippen molar-refractivity contribution in [3.05, 3.63) is 29.8 Å². The average Bonchev–Trinajstić information content (AvgIpc) is 2.78. The minimum Gasteiger partial charge on any atom is -0.396 e. The van der Waals surface area contributed by atoms with E-state index in [2.05, 4.69) is 24.3 Å². The van der Waals surface area contributed by atoms with Crippen LogP contribution >= 0.6 is 11.8 Å². The van der Waals surface area contributed by atoms with Crippen LogP contribution in [0.2, 0.25) is 0 Å². The molecule has 0 aliphatic carbocycles. The van der Waals surface area contributed by atoms with E-state index >= 15 is 0 Å². The molecule has 0 saturated heterocycles. The molecule has 2 N–H and O–H groups in total. The third kappa shape index (κ3) is 2.67. The van der Waals surface area contributed by atoms with Gasteiger partial charge in [0.15, 0.2) is 0 Å². The Bertz CT molecular complexity index is 341. The van der Waals surface area contributed by atoms with Crippen LogP contribution in [0.25, 0.3) is 0 Å². The molecule has 1 aromatic carbocycles. The molecule has 1 unspecified atom stereocenters. The molecule has 1 atom stereocenters. The number of aliphatic hydroxyl groups excluding tert-OH is 2. The van der Waals surface area contributed by atoms with E-state index in [0.717, 1.165) is 19.3 Å². The first-order valence-electron chi connectivity index (χ1n) is 6.19. The standard InChI is InChI=1S/C14H20O2S/c1-2-14(9-15,10-16)8-12-7-11-5-3-4-6-13(11)17-12/h3-6,12,15-16H,2,7-10H2,1H3. The fourth-order valence-electron chi connectivity index (χ4n) is 2.40. The lowest BCUT2D eigenvalue weighted by atomic mass is 9.81. The smallest absolute Gasteiger partial charge is 0.0509 e. The zero-order valence-electron chi connectivity index (χ0n) is 10.2. The van der Waals surface area contributed by atoms with Gasteiger partial charge in [0.25, 0.3) is 0 Å². The highest BCUT2D eigenvalue weighted by Crippen LogP contribution is 2.42. The maximum atomic E-state index is 9.48. The van der Waals surface area contributed by atoms with Crippen LogP contribution in [0, 0.1) is 5.41 Å². The summed E-state index contributed by atoms with van der Waals surface area (Å²) in [5.74, 6) is 0. The Hall–Kier alpha value is -0.510. The first kappa shape index (κ1) is 12.9. The summed E-state index contributed by atoms with van der Waals surface area (Å²) in [7, 11) is 0. The number of thioether (sulfide) groups is 1. The van der Waals surface area contributed by atoms with Crippen LogP contribution in [0.5, 0.6) is 0 Å². The minimum atomic E-state index is -0.306. The van der Waals surface area contributed by atoms with Gasteiger partial charge in [-0.1, -0.05) is 25.1 Å². The molecule has 0 radical (unpaired) electrons. The first-order chi connectivity index (χ1) is 8.23. The number of hydrogen-bond donors (Lipinski definition) is 2. The van der Waals surface area contributed by atoms with E-state index in [0.29, 0.717) is 5.25 Å². The fraction of sp³-hybridized carbons (Fsp3) is 0.571. The fourth-order valence-corrected chi connectivity index (χ4v) is 3.92.